The van der Waals surface area contributed by atoms with Crippen molar-refractivity contribution >= 4 is 27.4 Å². The lowest BCUT2D eigenvalue weighted by atomic mass is 10.4. The standard InChI is InChI=1S/C7H14O3S2/c1-3-7(8)6-11-4-5-12(2,9)10/h3-6H2,1-2H3. The van der Waals surface area contributed by atoms with Gasteiger partial charge in [-0.15, -0.1) is 0 Å². The molecule has 0 unspecified atom stereocenters. The van der Waals surface area contributed by atoms with E-state index in [-0.39, 0.29) is 11.5 Å². The fourth-order valence-electron chi connectivity index (χ4n) is 0.498. The van der Waals surface area contributed by atoms with E-state index in [0.29, 0.717) is 17.9 Å². The normalized spacial score (nSPS) is 11.5. The van der Waals surface area contributed by atoms with Crippen molar-refractivity contribution in [2.24, 2.45) is 0 Å². The molecule has 0 amide bonds. The van der Waals surface area contributed by atoms with Gasteiger partial charge < -0.3 is 0 Å². The highest BCUT2D eigenvalue weighted by Gasteiger charge is 2.03. The van der Waals surface area contributed by atoms with Crippen LogP contribution in [0.3, 0.4) is 0 Å². The summed E-state index contributed by atoms with van der Waals surface area (Å²) in [6, 6.07) is 0. The SMILES string of the molecule is CCC(=O)CSCCS(C)(=O)=O. The molecule has 0 bridgehead atoms. The van der Waals surface area contributed by atoms with Crippen molar-refractivity contribution in [1.29, 1.82) is 0 Å². The largest absolute Gasteiger partial charge is 0.299 e. The molecule has 0 spiro atoms. The average molecular weight is 210 g/mol. The number of ketones is 1. The first-order chi connectivity index (χ1) is 5.45. The average Bonchev–Trinajstić information content (AvgIpc) is 1.96. The van der Waals surface area contributed by atoms with Gasteiger partial charge in [0.1, 0.15) is 15.6 Å². The van der Waals surface area contributed by atoms with Gasteiger partial charge in [-0.25, -0.2) is 8.42 Å². The van der Waals surface area contributed by atoms with Gasteiger partial charge in [0, 0.05) is 18.4 Å². The number of carbonyl (C=O) groups is 1. The molecule has 0 aromatic rings. The van der Waals surface area contributed by atoms with Crippen molar-refractivity contribution in [3.8, 4) is 0 Å². The number of sulfone groups is 1. The van der Waals surface area contributed by atoms with Crippen molar-refractivity contribution in [1.82, 2.24) is 0 Å². The molecule has 3 nitrogen and oxygen atoms in total. The molecule has 0 aromatic carbocycles. The molecule has 0 aliphatic carbocycles. The number of hydrogen-bond acceptors (Lipinski definition) is 4. The maximum absolute atomic E-state index is 10.8. The summed E-state index contributed by atoms with van der Waals surface area (Å²) in [4.78, 5) is 10.8. The van der Waals surface area contributed by atoms with E-state index in [0.717, 1.165) is 0 Å². The Morgan fingerprint density at radius 1 is 1.42 bits per heavy atom. The summed E-state index contributed by atoms with van der Waals surface area (Å²) in [6.07, 6.45) is 1.74. The molecular formula is C7H14O3S2. The van der Waals surface area contributed by atoms with E-state index in [2.05, 4.69) is 0 Å². The third-order valence-electron chi connectivity index (χ3n) is 1.26. The summed E-state index contributed by atoms with van der Waals surface area (Å²) in [6.45, 7) is 1.81. The van der Waals surface area contributed by atoms with Crippen molar-refractivity contribution in [2.45, 2.75) is 13.3 Å². The molecule has 0 saturated carbocycles. The predicted molar refractivity (Wildman–Crippen MR) is 52.3 cm³/mol. The molecule has 0 rings (SSSR count). The van der Waals surface area contributed by atoms with Gasteiger partial charge in [0.25, 0.3) is 0 Å². The minimum atomic E-state index is -2.86. The molecule has 0 aliphatic rings. The molecule has 0 fully saturated rings. The summed E-state index contributed by atoms with van der Waals surface area (Å²) < 4.78 is 21.3. The van der Waals surface area contributed by atoms with Gasteiger partial charge in [-0.1, -0.05) is 6.92 Å². The van der Waals surface area contributed by atoms with Crippen LogP contribution in [-0.2, 0) is 14.6 Å². The first kappa shape index (κ1) is 12.0. The van der Waals surface area contributed by atoms with Crippen LogP contribution in [0.2, 0.25) is 0 Å². The molecular weight excluding hydrogens is 196 g/mol. The summed E-state index contributed by atoms with van der Waals surface area (Å²) >= 11 is 1.38. The van der Waals surface area contributed by atoms with Gasteiger partial charge in [0.05, 0.1) is 11.5 Å². The third-order valence-corrected chi connectivity index (χ3v) is 3.48. The maximum Gasteiger partial charge on any atom is 0.148 e. The Hall–Kier alpha value is -0.0300. The Balaban J connectivity index is 3.40. The minimum Gasteiger partial charge on any atom is -0.299 e. The number of carbonyl (C=O) groups excluding carboxylic acids is 1. The van der Waals surface area contributed by atoms with E-state index in [9.17, 15) is 13.2 Å². The summed E-state index contributed by atoms with van der Waals surface area (Å²) in [7, 11) is -2.86. The molecule has 0 heterocycles. The van der Waals surface area contributed by atoms with E-state index in [4.69, 9.17) is 0 Å². The lowest BCUT2D eigenvalue weighted by molar-refractivity contribution is -0.116. The predicted octanol–water partition coefficient (Wildman–Crippen LogP) is 0.743. The zero-order valence-electron chi connectivity index (χ0n) is 7.37. The molecule has 0 radical (unpaired) electrons. The second kappa shape index (κ2) is 5.59. The summed E-state index contributed by atoms with van der Waals surface area (Å²) in [5.41, 5.74) is 0. The second-order valence-electron chi connectivity index (χ2n) is 2.57. The minimum absolute atomic E-state index is 0.161. The van der Waals surface area contributed by atoms with Crippen LogP contribution in [0, 0.1) is 0 Å². The lowest BCUT2D eigenvalue weighted by Gasteiger charge is -1.97. The van der Waals surface area contributed by atoms with Gasteiger partial charge in [-0.3, -0.25) is 4.79 Å². The Labute approximate surface area is 77.8 Å². The molecule has 12 heavy (non-hydrogen) atoms. The van der Waals surface area contributed by atoms with Crippen LogP contribution >= 0.6 is 11.8 Å². The topological polar surface area (TPSA) is 51.2 Å². The number of thioether (sulfide) groups is 1. The van der Waals surface area contributed by atoms with Gasteiger partial charge in [-0.05, 0) is 0 Å². The van der Waals surface area contributed by atoms with Crippen LogP contribution in [0.1, 0.15) is 13.3 Å². The molecule has 0 aromatic heterocycles. The van der Waals surface area contributed by atoms with Crippen molar-refractivity contribution in [3.05, 3.63) is 0 Å². The van der Waals surface area contributed by atoms with Crippen molar-refractivity contribution in [2.75, 3.05) is 23.5 Å². The van der Waals surface area contributed by atoms with Crippen molar-refractivity contribution < 1.29 is 13.2 Å². The van der Waals surface area contributed by atoms with E-state index >= 15 is 0 Å². The van der Waals surface area contributed by atoms with E-state index in [1.807, 2.05) is 0 Å². The highest BCUT2D eigenvalue weighted by molar-refractivity contribution is 8.01. The molecule has 0 N–H and O–H groups in total. The first-order valence-corrected chi connectivity index (χ1v) is 6.94. The Morgan fingerprint density at radius 2 is 2.00 bits per heavy atom. The van der Waals surface area contributed by atoms with Crippen LogP contribution in [0.15, 0.2) is 0 Å². The highest BCUT2D eigenvalue weighted by Crippen LogP contribution is 2.02. The lowest BCUT2D eigenvalue weighted by Crippen LogP contribution is -2.07. The van der Waals surface area contributed by atoms with Crippen LogP contribution < -0.4 is 0 Å². The summed E-state index contributed by atoms with van der Waals surface area (Å²) in [5.74, 6) is 1.29. The Bertz CT molecular complexity index is 231. The fourth-order valence-corrected chi connectivity index (χ4v) is 2.76. The van der Waals surface area contributed by atoms with Crippen LogP contribution in [0.25, 0.3) is 0 Å². The molecule has 5 heteroatoms. The smallest absolute Gasteiger partial charge is 0.148 e. The van der Waals surface area contributed by atoms with Gasteiger partial charge >= 0.3 is 0 Å². The summed E-state index contributed by atoms with van der Waals surface area (Å²) in [5, 5.41) is 0. The van der Waals surface area contributed by atoms with E-state index < -0.39 is 9.84 Å². The van der Waals surface area contributed by atoms with E-state index in [1.54, 1.807) is 6.92 Å². The van der Waals surface area contributed by atoms with Crippen LogP contribution in [0.5, 0.6) is 0 Å². The maximum atomic E-state index is 10.8. The zero-order chi connectivity index (χ0) is 9.61. The van der Waals surface area contributed by atoms with E-state index in [1.165, 1.54) is 18.0 Å². The molecule has 0 atom stereocenters. The fraction of sp³-hybridized carbons (Fsp3) is 0.857. The van der Waals surface area contributed by atoms with Gasteiger partial charge in [0.15, 0.2) is 0 Å². The second-order valence-corrected chi connectivity index (χ2v) is 5.94. The van der Waals surface area contributed by atoms with Crippen LogP contribution in [-0.4, -0.2) is 37.7 Å². The van der Waals surface area contributed by atoms with Gasteiger partial charge in [0.2, 0.25) is 0 Å². The Morgan fingerprint density at radius 3 is 2.42 bits per heavy atom. The Kier molecular flexibility index (Phi) is 5.57. The third kappa shape index (κ3) is 8.07. The van der Waals surface area contributed by atoms with Gasteiger partial charge in [-0.2, -0.15) is 11.8 Å². The molecule has 72 valence electrons. The monoisotopic (exact) mass is 210 g/mol. The van der Waals surface area contributed by atoms with Crippen LogP contribution in [0.4, 0.5) is 0 Å². The number of rotatable bonds is 6. The molecule has 0 aliphatic heterocycles. The number of Topliss-reactive ketones (excluding diaryl/α,β-unsaturated/α-hetero) is 1. The quantitative estimate of drug-likeness (QED) is 0.607. The first-order valence-electron chi connectivity index (χ1n) is 3.73. The zero-order valence-corrected chi connectivity index (χ0v) is 9.00. The molecule has 0 saturated heterocycles. The van der Waals surface area contributed by atoms with Crippen molar-refractivity contribution in [3.63, 3.8) is 0 Å². The number of hydrogen-bond donors (Lipinski definition) is 0. The highest BCUT2D eigenvalue weighted by atomic mass is 32.2.